The van der Waals surface area contributed by atoms with Crippen LogP contribution in [0.4, 0.5) is 0 Å². The highest BCUT2D eigenvalue weighted by Crippen LogP contribution is 2.57. The average molecular weight is 971 g/mol. The molecule has 2 atom stereocenters. The van der Waals surface area contributed by atoms with Gasteiger partial charge < -0.3 is 0 Å². The summed E-state index contributed by atoms with van der Waals surface area (Å²) in [6.07, 6.45) is 6.92. The molecule has 0 spiro atoms. The largest absolute Gasteiger partial charge is 0.253 e. The summed E-state index contributed by atoms with van der Waals surface area (Å²) in [6.45, 7) is 0. The molecule has 0 N–H and O–H groups in total. The summed E-state index contributed by atoms with van der Waals surface area (Å²) < 4.78 is 0. The van der Waals surface area contributed by atoms with Crippen LogP contribution in [0, 0.1) is 0 Å². The lowest BCUT2D eigenvalue weighted by Crippen LogP contribution is -2.27. The topological polar surface area (TPSA) is 103 Å². The lowest BCUT2D eigenvalue weighted by Gasteiger charge is -2.42. The molecule has 9 aromatic carbocycles. The molecular formula is C68H42N8. The molecule has 3 aliphatic carbocycles. The Bertz CT molecular complexity index is 4120. The normalized spacial score (nSPS) is 14.1. The Hall–Kier alpha value is -10.2. The zero-order valence-electron chi connectivity index (χ0n) is 40.8. The number of fused-ring (bicyclic) bond motifs is 2. The molecule has 8 nitrogen and oxygen atoms in total. The van der Waals surface area contributed by atoms with Gasteiger partial charge in [-0.25, -0.2) is 19.9 Å². The molecule has 0 aliphatic heterocycles. The molecule has 13 aromatic rings. The average Bonchev–Trinajstić information content (AvgIpc) is 3.58. The number of rotatable bonds is 8. The number of benzene rings is 9. The van der Waals surface area contributed by atoms with Gasteiger partial charge in [0.1, 0.15) is 0 Å². The fourth-order valence-corrected chi connectivity index (χ4v) is 11.4. The van der Waals surface area contributed by atoms with Gasteiger partial charge in [-0.3, -0.25) is 19.9 Å². The Kier molecular flexibility index (Phi) is 10.2. The predicted molar refractivity (Wildman–Crippen MR) is 302 cm³/mol. The molecule has 3 aliphatic rings. The molecule has 76 heavy (non-hydrogen) atoms. The van der Waals surface area contributed by atoms with Crippen molar-refractivity contribution in [3.8, 4) is 90.1 Å². The molecule has 4 heterocycles. The highest BCUT2D eigenvalue weighted by Gasteiger charge is 2.41. The summed E-state index contributed by atoms with van der Waals surface area (Å²) in [5.41, 5.74) is 25.3. The van der Waals surface area contributed by atoms with E-state index in [4.69, 9.17) is 19.9 Å². The first-order chi connectivity index (χ1) is 37.6. The van der Waals surface area contributed by atoms with Crippen molar-refractivity contribution in [2.45, 2.75) is 11.8 Å². The third-order valence-corrected chi connectivity index (χ3v) is 15.1. The van der Waals surface area contributed by atoms with Crippen LogP contribution in [-0.4, -0.2) is 39.9 Å². The van der Waals surface area contributed by atoms with Crippen LogP contribution in [-0.2, 0) is 0 Å². The van der Waals surface area contributed by atoms with E-state index in [-0.39, 0.29) is 11.8 Å². The molecule has 0 amide bonds. The molecule has 8 heteroatoms. The molecule has 4 aromatic heterocycles. The summed E-state index contributed by atoms with van der Waals surface area (Å²) in [7, 11) is 0. The van der Waals surface area contributed by atoms with E-state index >= 15 is 0 Å². The number of nitrogens with zero attached hydrogens (tertiary/aromatic N) is 8. The van der Waals surface area contributed by atoms with Crippen LogP contribution in [0.5, 0.6) is 0 Å². The van der Waals surface area contributed by atoms with Crippen LogP contribution in [0.1, 0.15) is 45.2 Å². The molecule has 2 bridgehead atoms. The van der Waals surface area contributed by atoms with Gasteiger partial charge in [-0.1, -0.05) is 170 Å². The van der Waals surface area contributed by atoms with Gasteiger partial charge in [-0.2, -0.15) is 0 Å². The van der Waals surface area contributed by atoms with Crippen molar-refractivity contribution in [3.63, 3.8) is 0 Å². The summed E-state index contributed by atoms with van der Waals surface area (Å²) >= 11 is 0. The van der Waals surface area contributed by atoms with Crippen LogP contribution < -0.4 is 0 Å². The lowest BCUT2D eigenvalue weighted by molar-refractivity contribution is 0.755. The maximum Gasteiger partial charge on any atom is 0.160 e. The Morgan fingerprint density at radius 2 is 0.539 bits per heavy atom. The Balaban J connectivity index is 0.801. The van der Waals surface area contributed by atoms with Crippen LogP contribution >= 0.6 is 0 Å². The number of aromatic nitrogens is 8. The van der Waals surface area contributed by atoms with E-state index in [0.717, 1.165) is 100 Å². The van der Waals surface area contributed by atoms with Crippen LogP contribution in [0.15, 0.2) is 243 Å². The van der Waals surface area contributed by atoms with E-state index in [1.165, 1.54) is 33.4 Å². The molecule has 0 radical (unpaired) electrons. The second kappa shape index (κ2) is 17.8. The zero-order valence-corrected chi connectivity index (χ0v) is 40.8. The van der Waals surface area contributed by atoms with Gasteiger partial charge in [0.2, 0.25) is 0 Å². The van der Waals surface area contributed by atoms with E-state index in [1.807, 2.05) is 48.5 Å². The van der Waals surface area contributed by atoms with Crippen molar-refractivity contribution in [1.29, 1.82) is 0 Å². The summed E-state index contributed by atoms with van der Waals surface area (Å²) in [6, 6.07) is 77.4. The van der Waals surface area contributed by atoms with E-state index < -0.39 is 0 Å². The monoisotopic (exact) mass is 970 g/mol. The predicted octanol–water partition coefficient (Wildman–Crippen LogP) is 15.5. The standard InChI is InChI=1S/C68H42N8/c1-3-9-45(10-4-1)67-73-59(43-19-15-41(16-20-43)47-25-29-57-63(37-47)71-33-31-69-57)39-61(75-67)49-23-27-53-55(35-49)65-51-13-7-8-14-52(51)66(53)56-36-50(24-28-54(56)65)62-40-60(74-68(76-62)46-11-5-2-6-12-46)44-21-17-42(18-22-44)48-26-30-58-64(38-48)72-34-32-70-58/h1-40,65-66H. The minimum Gasteiger partial charge on any atom is -0.253 e. The van der Waals surface area contributed by atoms with E-state index in [9.17, 15) is 0 Å². The smallest absolute Gasteiger partial charge is 0.160 e. The summed E-state index contributed by atoms with van der Waals surface area (Å²) in [5.74, 6) is 1.45. The molecule has 2 unspecified atom stereocenters. The van der Waals surface area contributed by atoms with Gasteiger partial charge in [0.25, 0.3) is 0 Å². The molecule has 16 rings (SSSR count). The Morgan fingerprint density at radius 3 is 0.961 bits per heavy atom. The Morgan fingerprint density at radius 1 is 0.211 bits per heavy atom. The minimum atomic E-state index is 0.0396. The van der Waals surface area contributed by atoms with E-state index in [1.54, 1.807) is 24.8 Å². The third kappa shape index (κ3) is 7.54. The minimum absolute atomic E-state index is 0.0396. The highest BCUT2D eigenvalue weighted by atomic mass is 14.9. The maximum atomic E-state index is 5.28. The Labute approximate surface area is 438 Å². The van der Waals surface area contributed by atoms with Gasteiger partial charge in [0, 0.05) is 70.0 Å². The number of hydrogen-bond donors (Lipinski definition) is 0. The third-order valence-electron chi connectivity index (χ3n) is 15.1. The lowest BCUT2D eigenvalue weighted by atomic mass is 9.60. The number of hydrogen-bond acceptors (Lipinski definition) is 8. The van der Waals surface area contributed by atoms with Gasteiger partial charge in [-0.05, 0) is 104 Å². The maximum absolute atomic E-state index is 5.28. The second-order valence-electron chi connectivity index (χ2n) is 19.5. The van der Waals surface area contributed by atoms with Crippen molar-refractivity contribution in [3.05, 3.63) is 277 Å². The summed E-state index contributed by atoms with van der Waals surface area (Å²) in [4.78, 5) is 38.9. The molecule has 354 valence electrons. The summed E-state index contributed by atoms with van der Waals surface area (Å²) in [5, 5.41) is 0. The van der Waals surface area contributed by atoms with Gasteiger partial charge >= 0.3 is 0 Å². The first-order valence-electron chi connectivity index (χ1n) is 25.5. The fraction of sp³-hybridized carbons (Fsp3) is 0.0294. The highest BCUT2D eigenvalue weighted by molar-refractivity contribution is 5.84. The SMILES string of the molecule is c1ccc(-c2nc(-c3ccc(-c4ccc5nccnc5c4)cc3)cc(-c3ccc4c(c3)C3c5ccccc5C4c4cc(-c5cc(-c6ccc(-c7ccc8nccnc8c7)cc6)nc(-c6ccccc6)n5)ccc43)n2)cc1. The van der Waals surface area contributed by atoms with Crippen molar-refractivity contribution in [1.82, 2.24) is 39.9 Å². The van der Waals surface area contributed by atoms with Gasteiger partial charge in [0.15, 0.2) is 11.6 Å². The molecule has 0 saturated carbocycles. The van der Waals surface area contributed by atoms with E-state index in [2.05, 4.69) is 190 Å². The van der Waals surface area contributed by atoms with Crippen molar-refractivity contribution in [2.75, 3.05) is 0 Å². The second-order valence-corrected chi connectivity index (χ2v) is 19.5. The van der Waals surface area contributed by atoms with Crippen LogP contribution in [0.25, 0.3) is 112 Å². The van der Waals surface area contributed by atoms with Crippen molar-refractivity contribution >= 4 is 22.1 Å². The molecule has 0 fully saturated rings. The van der Waals surface area contributed by atoms with Gasteiger partial charge in [0.05, 0.1) is 44.8 Å². The van der Waals surface area contributed by atoms with Crippen LogP contribution in [0.2, 0.25) is 0 Å². The van der Waals surface area contributed by atoms with Crippen molar-refractivity contribution in [2.24, 2.45) is 0 Å². The molecular weight excluding hydrogens is 929 g/mol. The van der Waals surface area contributed by atoms with Gasteiger partial charge in [-0.15, -0.1) is 0 Å². The quantitative estimate of drug-likeness (QED) is 0.148. The first-order valence-corrected chi connectivity index (χ1v) is 25.5. The fourth-order valence-electron chi connectivity index (χ4n) is 11.4. The van der Waals surface area contributed by atoms with Crippen LogP contribution in [0.3, 0.4) is 0 Å². The van der Waals surface area contributed by atoms with Crippen molar-refractivity contribution < 1.29 is 0 Å². The first kappa shape index (κ1) is 43.4. The molecule has 0 saturated heterocycles. The van der Waals surface area contributed by atoms with E-state index in [0.29, 0.717) is 11.6 Å². The zero-order chi connectivity index (χ0) is 50.1.